The largest absolute Gasteiger partial charge is 0.345 e. The van der Waals surface area contributed by atoms with Crippen LogP contribution < -0.4 is 5.32 Å². The number of aryl methyl sites for hydroxylation is 1. The molecule has 0 saturated heterocycles. The van der Waals surface area contributed by atoms with E-state index in [1.165, 1.54) is 6.07 Å². The third kappa shape index (κ3) is 1.86. The molecule has 3 N–H and O–H groups in total. The van der Waals surface area contributed by atoms with Gasteiger partial charge in [-0.15, -0.1) is 0 Å². The van der Waals surface area contributed by atoms with E-state index in [1.807, 2.05) is 13.8 Å². The molecular formula is C11H15NO3. The number of aliphatic hydroxyl groups is 2. The molecule has 0 aliphatic carbocycles. The lowest BCUT2D eigenvalue weighted by Gasteiger charge is -2.14. The number of hydrogen-bond acceptors (Lipinski definition) is 3. The minimum absolute atomic E-state index is 0.220. The summed E-state index contributed by atoms with van der Waals surface area (Å²) in [7, 11) is 0. The number of rotatable bonds is 0. The standard InChI is InChI=1S/C9H9NO3.C2H6/c1-5-3-2-4-6-7(5)8(11)10-9(6,12)13;1-2/h2-4,12-13H,1H3,(H,10,11);1-2H3. The fourth-order valence-electron chi connectivity index (χ4n) is 1.55. The van der Waals surface area contributed by atoms with E-state index in [1.54, 1.807) is 19.1 Å². The number of carbonyl (C=O) groups excluding carboxylic acids is 1. The molecule has 2 rings (SSSR count). The molecular weight excluding hydrogens is 194 g/mol. The maximum absolute atomic E-state index is 11.3. The van der Waals surface area contributed by atoms with Crippen LogP contribution >= 0.6 is 0 Å². The molecule has 1 aliphatic heterocycles. The maximum atomic E-state index is 11.3. The van der Waals surface area contributed by atoms with Crippen molar-refractivity contribution in [3.63, 3.8) is 0 Å². The van der Waals surface area contributed by atoms with E-state index in [0.29, 0.717) is 5.56 Å². The Morgan fingerprint density at radius 2 is 1.87 bits per heavy atom. The minimum atomic E-state index is -2.21. The van der Waals surface area contributed by atoms with E-state index in [2.05, 4.69) is 5.32 Å². The number of fused-ring (bicyclic) bond motifs is 1. The molecule has 0 aromatic heterocycles. The normalized spacial score (nSPS) is 16.2. The lowest BCUT2D eigenvalue weighted by atomic mass is 10.0. The second kappa shape index (κ2) is 4.00. The molecule has 0 fully saturated rings. The van der Waals surface area contributed by atoms with E-state index >= 15 is 0 Å². The van der Waals surface area contributed by atoms with Crippen LogP contribution in [-0.2, 0) is 5.91 Å². The first-order chi connectivity index (χ1) is 7.02. The number of amides is 1. The molecule has 82 valence electrons. The van der Waals surface area contributed by atoms with Crippen LogP contribution in [0.4, 0.5) is 0 Å². The monoisotopic (exact) mass is 209 g/mol. The maximum Gasteiger partial charge on any atom is 0.275 e. The summed E-state index contributed by atoms with van der Waals surface area (Å²) in [6, 6.07) is 4.94. The quantitative estimate of drug-likeness (QED) is 0.555. The molecule has 1 amide bonds. The molecule has 1 aliphatic rings. The molecule has 0 saturated carbocycles. The SMILES string of the molecule is CC.Cc1cccc2c1C(=O)NC2(O)O. The fourth-order valence-corrected chi connectivity index (χ4v) is 1.55. The highest BCUT2D eigenvalue weighted by Crippen LogP contribution is 2.28. The van der Waals surface area contributed by atoms with Gasteiger partial charge in [0.05, 0.1) is 5.56 Å². The topological polar surface area (TPSA) is 69.6 Å². The van der Waals surface area contributed by atoms with Gasteiger partial charge < -0.3 is 10.2 Å². The van der Waals surface area contributed by atoms with Crippen LogP contribution in [0.3, 0.4) is 0 Å². The lowest BCUT2D eigenvalue weighted by molar-refractivity contribution is -0.180. The number of nitrogens with one attached hydrogen (secondary N) is 1. The Balaban J connectivity index is 0.000000531. The van der Waals surface area contributed by atoms with Crippen molar-refractivity contribution >= 4 is 5.91 Å². The van der Waals surface area contributed by atoms with Gasteiger partial charge in [-0.05, 0) is 12.5 Å². The van der Waals surface area contributed by atoms with Gasteiger partial charge in [-0.25, -0.2) is 0 Å². The fraction of sp³-hybridized carbons (Fsp3) is 0.364. The van der Waals surface area contributed by atoms with Crippen molar-refractivity contribution in [2.45, 2.75) is 26.7 Å². The highest BCUT2D eigenvalue weighted by atomic mass is 16.5. The van der Waals surface area contributed by atoms with Gasteiger partial charge in [0, 0.05) is 5.56 Å². The summed E-state index contributed by atoms with van der Waals surface area (Å²) in [4.78, 5) is 11.3. The van der Waals surface area contributed by atoms with Crippen LogP contribution in [0.5, 0.6) is 0 Å². The number of carbonyl (C=O) groups is 1. The van der Waals surface area contributed by atoms with Crippen LogP contribution in [0.15, 0.2) is 18.2 Å². The lowest BCUT2D eigenvalue weighted by Crippen LogP contribution is -2.38. The van der Waals surface area contributed by atoms with Crippen LogP contribution in [-0.4, -0.2) is 16.1 Å². The number of hydrogen-bond donors (Lipinski definition) is 3. The van der Waals surface area contributed by atoms with Gasteiger partial charge >= 0.3 is 0 Å². The third-order valence-electron chi connectivity index (χ3n) is 2.16. The van der Waals surface area contributed by atoms with Crippen molar-refractivity contribution in [1.82, 2.24) is 5.32 Å². The van der Waals surface area contributed by atoms with Gasteiger partial charge in [-0.3, -0.25) is 10.1 Å². The highest BCUT2D eigenvalue weighted by Gasteiger charge is 2.40. The van der Waals surface area contributed by atoms with Crippen LogP contribution in [0.1, 0.15) is 35.3 Å². The Kier molecular flexibility index (Phi) is 3.12. The van der Waals surface area contributed by atoms with Gasteiger partial charge in [0.15, 0.2) is 0 Å². The first-order valence-corrected chi connectivity index (χ1v) is 4.90. The summed E-state index contributed by atoms with van der Waals surface area (Å²) in [5, 5.41) is 20.8. The molecule has 0 spiro atoms. The Labute approximate surface area is 88.6 Å². The van der Waals surface area contributed by atoms with Crippen molar-refractivity contribution in [1.29, 1.82) is 0 Å². The van der Waals surface area contributed by atoms with E-state index in [4.69, 9.17) is 0 Å². The van der Waals surface area contributed by atoms with Crippen molar-refractivity contribution in [3.05, 3.63) is 34.9 Å². The summed E-state index contributed by atoms with van der Waals surface area (Å²) < 4.78 is 0. The predicted molar refractivity (Wildman–Crippen MR) is 56.1 cm³/mol. The van der Waals surface area contributed by atoms with Crippen molar-refractivity contribution < 1.29 is 15.0 Å². The Morgan fingerprint density at radius 1 is 1.27 bits per heavy atom. The molecule has 1 aromatic rings. The zero-order chi connectivity index (χ0) is 11.6. The average molecular weight is 209 g/mol. The summed E-state index contributed by atoms with van der Waals surface area (Å²) in [5.41, 5.74) is 1.31. The van der Waals surface area contributed by atoms with Crippen molar-refractivity contribution in [2.75, 3.05) is 0 Å². The summed E-state index contributed by atoms with van der Waals surface area (Å²) >= 11 is 0. The smallest absolute Gasteiger partial charge is 0.275 e. The number of benzene rings is 1. The Bertz CT molecular complexity index is 385. The zero-order valence-corrected chi connectivity index (χ0v) is 9.03. The molecule has 0 radical (unpaired) electrons. The van der Waals surface area contributed by atoms with Crippen molar-refractivity contribution in [2.24, 2.45) is 0 Å². The summed E-state index contributed by atoms with van der Waals surface area (Å²) in [5.74, 6) is -2.66. The molecule has 0 bridgehead atoms. The average Bonchev–Trinajstić information content (AvgIpc) is 2.42. The summed E-state index contributed by atoms with van der Waals surface area (Å²) in [6.45, 7) is 5.75. The van der Waals surface area contributed by atoms with E-state index in [0.717, 1.165) is 5.56 Å². The van der Waals surface area contributed by atoms with Gasteiger partial charge in [0.2, 0.25) is 0 Å². The van der Waals surface area contributed by atoms with E-state index < -0.39 is 11.8 Å². The predicted octanol–water partition coefficient (Wildman–Crippen LogP) is 0.860. The Morgan fingerprint density at radius 3 is 2.40 bits per heavy atom. The highest BCUT2D eigenvalue weighted by molar-refractivity contribution is 6.00. The molecule has 15 heavy (non-hydrogen) atoms. The first-order valence-electron chi connectivity index (χ1n) is 4.90. The van der Waals surface area contributed by atoms with Gasteiger partial charge in [0.25, 0.3) is 11.8 Å². The molecule has 4 nitrogen and oxygen atoms in total. The molecule has 1 aromatic carbocycles. The van der Waals surface area contributed by atoms with E-state index in [9.17, 15) is 15.0 Å². The van der Waals surface area contributed by atoms with Crippen LogP contribution in [0.2, 0.25) is 0 Å². The molecule has 0 atom stereocenters. The zero-order valence-electron chi connectivity index (χ0n) is 9.03. The minimum Gasteiger partial charge on any atom is -0.345 e. The second-order valence-electron chi connectivity index (χ2n) is 3.12. The molecule has 1 heterocycles. The molecule has 4 heteroatoms. The van der Waals surface area contributed by atoms with E-state index in [-0.39, 0.29) is 5.56 Å². The van der Waals surface area contributed by atoms with Crippen LogP contribution in [0.25, 0.3) is 0 Å². The van der Waals surface area contributed by atoms with Crippen molar-refractivity contribution in [3.8, 4) is 0 Å². The van der Waals surface area contributed by atoms with Gasteiger partial charge in [-0.2, -0.15) is 0 Å². The Hall–Kier alpha value is -1.39. The summed E-state index contributed by atoms with van der Waals surface area (Å²) in [6.07, 6.45) is 0. The van der Waals surface area contributed by atoms with Gasteiger partial charge in [0.1, 0.15) is 0 Å². The molecule has 0 unspecified atom stereocenters. The first kappa shape index (κ1) is 11.7. The third-order valence-corrected chi connectivity index (χ3v) is 2.16. The van der Waals surface area contributed by atoms with Crippen LogP contribution in [0, 0.1) is 6.92 Å². The second-order valence-corrected chi connectivity index (χ2v) is 3.12. The van der Waals surface area contributed by atoms with Gasteiger partial charge in [-0.1, -0.05) is 32.0 Å².